The van der Waals surface area contributed by atoms with Crippen LogP contribution in [0.1, 0.15) is 80.5 Å². The number of halogens is 1. The minimum Gasteiger partial charge on any atom is -0.443 e. The minimum atomic E-state index is -2.21. The zero-order valence-corrected chi connectivity index (χ0v) is 34.8. The van der Waals surface area contributed by atoms with Gasteiger partial charge in [0.2, 0.25) is 0 Å². The predicted molar refractivity (Wildman–Crippen MR) is 200 cm³/mol. The number of rotatable bonds is 10. The Morgan fingerprint density at radius 3 is 2.19 bits per heavy atom. The van der Waals surface area contributed by atoms with Crippen molar-refractivity contribution in [2.45, 2.75) is 136 Å². The first-order chi connectivity index (χ1) is 21.7. The second kappa shape index (κ2) is 14.6. The Morgan fingerprint density at radius 2 is 1.67 bits per heavy atom. The first-order valence-corrected chi connectivity index (χ1v) is 23.1. The van der Waals surface area contributed by atoms with Crippen LogP contribution in [0.5, 0.6) is 0 Å². The van der Waals surface area contributed by atoms with Gasteiger partial charge in [-0.1, -0.05) is 41.5 Å². The molecule has 3 rings (SSSR count). The van der Waals surface area contributed by atoms with Crippen molar-refractivity contribution < 1.29 is 28.0 Å². The standard InChI is InChI=1S/C33H53IN4O8Si2/c1-31(2,3)45-30(40)37(20-22-14-15-23(34)18-24(22)38(41)42)27-16-17-36(29(39)35-27)28-19-25(46-48(12,13)33(7,8)9)26(44-28)21-43-47(10,11)32(4,5)6/h14-18,25-26,28H,19-21H2,1-13H3/t25?,26-,28-/m1/s1. The zero-order valence-electron chi connectivity index (χ0n) is 30.7. The fourth-order valence-electron chi connectivity index (χ4n) is 4.55. The second-order valence-corrected chi connectivity index (χ2v) is 27.2. The molecule has 1 amide bonds. The number of hydrogen-bond acceptors (Lipinski definition) is 9. The molecule has 1 aliphatic heterocycles. The Bertz CT molecular complexity index is 1550. The first kappa shape index (κ1) is 40.2. The van der Waals surface area contributed by atoms with Gasteiger partial charge in [0.05, 0.1) is 24.2 Å². The van der Waals surface area contributed by atoms with Crippen LogP contribution in [0, 0.1) is 13.7 Å². The third-order valence-corrected chi connectivity index (χ3v) is 19.1. The Kier molecular flexibility index (Phi) is 12.2. The molecule has 3 atom stereocenters. The average molecular weight is 817 g/mol. The van der Waals surface area contributed by atoms with Gasteiger partial charge in [-0.05, 0) is 97.8 Å². The number of nitrogens with zero attached hydrogens (tertiary/aromatic N) is 4. The third-order valence-electron chi connectivity index (χ3n) is 9.44. The molecular formula is C33H53IN4O8Si2. The Labute approximate surface area is 300 Å². The molecule has 1 aromatic heterocycles. The highest BCUT2D eigenvalue weighted by Gasteiger charge is 2.47. The minimum absolute atomic E-state index is 0.00299. The largest absolute Gasteiger partial charge is 0.443 e. The van der Waals surface area contributed by atoms with Gasteiger partial charge in [-0.3, -0.25) is 19.6 Å². The van der Waals surface area contributed by atoms with Crippen LogP contribution in [-0.4, -0.2) is 61.6 Å². The van der Waals surface area contributed by atoms with E-state index in [0.717, 1.165) is 4.90 Å². The van der Waals surface area contributed by atoms with Crippen LogP contribution in [0.2, 0.25) is 36.3 Å². The van der Waals surface area contributed by atoms with Gasteiger partial charge in [-0.25, -0.2) is 9.59 Å². The lowest BCUT2D eigenvalue weighted by Crippen LogP contribution is -2.48. The van der Waals surface area contributed by atoms with E-state index < -0.39 is 51.3 Å². The van der Waals surface area contributed by atoms with Crippen LogP contribution in [0.15, 0.2) is 35.3 Å². The fraction of sp³-hybridized carbons (Fsp3) is 0.667. The molecule has 0 N–H and O–H groups in total. The molecule has 1 saturated heterocycles. The van der Waals surface area contributed by atoms with Crippen molar-refractivity contribution in [2.24, 2.45) is 0 Å². The van der Waals surface area contributed by atoms with Gasteiger partial charge in [-0.15, -0.1) is 0 Å². The van der Waals surface area contributed by atoms with Gasteiger partial charge in [0.25, 0.3) is 5.69 Å². The van der Waals surface area contributed by atoms with Gasteiger partial charge in [0.1, 0.15) is 23.8 Å². The van der Waals surface area contributed by atoms with E-state index in [0.29, 0.717) is 16.6 Å². The van der Waals surface area contributed by atoms with Crippen LogP contribution in [0.3, 0.4) is 0 Å². The maximum atomic E-state index is 13.6. The normalized spacial score (nSPS) is 19.3. The summed E-state index contributed by atoms with van der Waals surface area (Å²) in [6.07, 6.45) is -0.202. The average Bonchev–Trinajstić information content (AvgIpc) is 3.30. The maximum absolute atomic E-state index is 13.6. The van der Waals surface area contributed by atoms with Crippen molar-refractivity contribution in [2.75, 3.05) is 11.5 Å². The van der Waals surface area contributed by atoms with E-state index >= 15 is 0 Å². The van der Waals surface area contributed by atoms with E-state index in [4.69, 9.17) is 18.3 Å². The molecule has 15 heteroatoms. The summed E-state index contributed by atoms with van der Waals surface area (Å²) in [5, 5.41) is 11.8. The lowest BCUT2D eigenvalue weighted by molar-refractivity contribution is -0.385. The van der Waals surface area contributed by atoms with Crippen LogP contribution in [0.4, 0.5) is 16.3 Å². The number of hydrogen-bond donors (Lipinski definition) is 0. The van der Waals surface area contributed by atoms with Crippen molar-refractivity contribution in [3.05, 3.63) is 60.2 Å². The molecule has 1 aliphatic rings. The Hall–Kier alpha value is -2.19. The molecule has 12 nitrogen and oxygen atoms in total. The van der Waals surface area contributed by atoms with Gasteiger partial charge in [0.15, 0.2) is 16.6 Å². The molecule has 2 aromatic rings. The van der Waals surface area contributed by atoms with Crippen molar-refractivity contribution in [1.82, 2.24) is 9.55 Å². The van der Waals surface area contributed by atoms with Crippen LogP contribution >= 0.6 is 22.6 Å². The predicted octanol–water partition coefficient (Wildman–Crippen LogP) is 8.40. The highest BCUT2D eigenvalue weighted by molar-refractivity contribution is 14.1. The zero-order chi connectivity index (χ0) is 36.6. The molecule has 1 fully saturated rings. The van der Waals surface area contributed by atoms with Crippen molar-refractivity contribution >= 4 is 56.8 Å². The number of carbonyl (C=O) groups is 1. The molecule has 0 spiro atoms. The summed E-state index contributed by atoms with van der Waals surface area (Å²) in [5.41, 5.74) is -1.38. The number of aromatic nitrogens is 2. The molecular weight excluding hydrogens is 763 g/mol. The summed E-state index contributed by atoms with van der Waals surface area (Å²) in [5.74, 6) is 0.00299. The molecule has 0 saturated carbocycles. The number of amides is 1. The maximum Gasteiger partial charge on any atom is 0.416 e. The molecule has 1 unspecified atom stereocenters. The molecule has 0 aliphatic carbocycles. The van der Waals surface area contributed by atoms with Crippen LogP contribution in [0.25, 0.3) is 0 Å². The van der Waals surface area contributed by atoms with E-state index in [9.17, 15) is 19.7 Å². The third kappa shape index (κ3) is 9.96. The van der Waals surface area contributed by atoms with Crippen LogP contribution in [-0.2, 0) is 24.9 Å². The monoisotopic (exact) mass is 816 g/mol. The highest BCUT2D eigenvalue weighted by atomic mass is 127. The molecule has 2 heterocycles. The van der Waals surface area contributed by atoms with Crippen molar-refractivity contribution in [3.8, 4) is 0 Å². The Morgan fingerprint density at radius 1 is 1.06 bits per heavy atom. The first-order valence-electron chi connectivity index (χ1n) is 16.2. The van der Waals surface area contributed by atoms with Crippen LogP contribution < -0.4 is 10.6 Å². The molecule has 48 heavy (non-hydrogen) atoms. The number of nitro benzene ring substituents is 1. The smallest absolute Gasteiger partial charge is 0.416 e. The molecule has 0 radical (unpaired) electrons. The van der Waals surface area contributed by atoms with E-state index in [-0.39, 0.29) is 39.8 Å². The Balaban J connectivity index is 1.98. The lowest BCUT2D eigenvalue weighted by atomic mass is 10.1. The summed E-state index contributed by atoms with van der Waals surface area (Å²) in [4.78, 5) is 43.8. The number of benzene rings is 1. The van der Waals surface area contributed by atoms with Gasteiger partial charge in [-0.2, -0.15) is 4.98 Å². The van der Waals surface area contributed by atoms with E-state index in [1.807, 2.05) is 22.6 Å². The number of anilines is 1. The van der Waals surface area contributed by atoms with E-state index in [1.165, 1.54) is 22.9 Å². The van der Waals surface area contributed by atoms with Crippen molar-refractivity contribution in [1.29, 1.82) is 0 Å². The highest BCUT2D eigenvalue weighted by Crippen LogP contribution is 2.42. The number of nitro groups is 1. The summed E-state index contributed by atoms with van der Waals surface area (Å²) < 4.78 is 27.6. The van der Waals surface area contributed by atoms with Gasteiger partial charge < -0.3 is 18.3 Å². The fourth-order valence-corrected chi connectivity index (χ4v) is 7.39. The molecule has 1 aromatic carbocycles. The summed E-state index contributed by atoms with van der Waals surface area (Å²) in [6.45, 7) is 27.1. The lowest BCUT2D eigenvalue weighted by Gasteiger charge is -2.40. The summed E-state index contributed by atoms with van der Waals surface area (Å²) in [6, 6.07) is 6.25. The number of carbonyl (C=O) groups excluding carboxylic acids is 1. The molecule has 268 valence electrons. The second-order valence-electron chi connectivity index (χ2n) is 16.4. The van der Waals surface area contributed by atoms with E-state index in [2.05, 4.69) is 72.7 Å². The number of ether oxygens (including phenoxy) is 2. The van der Waals surface area contributed by atoms with Gasteiger partial charge >= 0.3 is 11.8 Å². The van der Waals surface area contributed by atoms with Gasteiger partial charge in [0, 0.05) is 27.8 Å². The quantitative estimate of drug-likeness (QED) is 0.100. The SMILES string of the molecule is CC(C)(C)OC(=O)N(Cc1ccc(I)cc1[N+](=O)[O-])c1ccn([C@H]2CC(O[Si](C)(C)C(C)(C)C)[C@@H](CO[Si](C)(C)C(C)(C)C)O2)c(=O)n1. The molecule has 0 bridgehead atoms. The van der Waals surface area contributed by atoms with E-state index in [1.54, 1.807) is 32.9 Å². The van der Waals surface area contributed by atoms with Crippen molar-refractivity contribution in [3.63, 3.8) is 0 Å². The topological polar surface area (TPSA) is 135 Å². The summed E-state index contributed by atoms with van der Waals surface area (Å²) >= 11 is 1.99. The summed E-state index contributed by atoms with van der Waals surface area (Å²) in [7, 11) is -4.31.